The Morgan fingerprint density at radius 1 is 1.35 bits per heavy atom. The topological polar surface area (TPSA) is 153 Å². The molecule has 1 heterocycles. The number of nitrogens with one attached hydrogen (secondary N) is 2. The number of carboxylic acid groups (broad SMARTS) is 1. The molecule has 11 heteroatoms. The fraction of sp³-hybridized carbons (Fsp3) is 0.400. The summed E-state index contributed by atoms with van der Waals surface area (Å²) in [6, 6.07) is 4.15. The fourth-order valence-electron chi connectivity index (χ4n) is 2.32. The quantitative estimate of drug-likeness (QED) is 0.514. The van der Waals surface area contributed by atoms with Gasteiger partial charge in [-0.15, -0.1) is 0 Å². The molecular formula is C15H19N3O7S. The Bertz CT molecular complexity index is 864. The molecule has 0 unspecified atom stereocenters. The third-order valence-corrected chi connectivity index (χ3v) is 5.15. The highest BCUT2D eigenvalue weighted by Gasteiger charge is 2.35. The molecule has 1 saturated heterocycles. The normalized spacial score (nSPS) is 16.2. The summed E-state index contributed by atoms with van der Waals surface area (Å²) in [7, 11) is -4.02. The van der Waals surface area contributed by atoms with Crippen LogP contribution < -0.4 is 14.3 Å². The summed E-state index contributed by atoms with van der Waals surface area (Å²) in [5.41, 5.74) is -0.902. The summed E-state index contributed by atoms with van der Waals surface area (Å²) in [5, 5.41) is 21.4. The largest absolute Gasteiger partial charge is 0.506 e. The number of benzene rings is 1. The number of nitrogens with zero attached hydrogens (tertiary/aromatic N) is 1. The van der Waals surface area contributed by atoms with Crippen molar-refractivity contribution < 1.29 is 33.0 Å². The molecule has 1 aliphatic heterocycles. The second-order valence-corrected chi connectivity index (χ2v) is 7.93. The number of aromatic hydroxyl groups is 1. The lowest BCUT2D eigenvalue weighted by atomic mass is 10.0. The van der Waals surface area contributed by atoms with Gasteiger partial charge in [0.05, 0.1) is 5.69 Å². The average Bonchev–Trinajstić information content (AvgIpc) is 2.77. The summed E-state index contributed by atoms with van der Waals surface area (Å²) in [4.78, 5) is 34.1. The molecule has 4 N–H and O–H groups in total. The molecule has 0 atom stereocenters. The van der Waals surface area contributed by atoms with E-state index in [9.17, 15) is 27.9 Å². The van der Waals surface area contributed by atoms with Crippen LogP contribution in [0, 0.1) is 0 Å². The molecule has 0 bridgehead atoms. The Balaban J connectivity index is 2.05. The molecule has 0 spiro atoms. The number of anilines is 1. The molecule has 2 amide bonds. The van der Waals surface area contributed by atoms with E-state index in [2.05, 4.69) is 5.32 Å². The zero-order chi connectivity index (χ0) is 19.7. The standard InChI is InChI=1S/C15H19N3O7S/c1-15(2,14(22)23)16-12(20)6-4-9-3-5-10(11(19)7-9)18-8-13(21)17-26(18,24)25/h3,5,7,19H,4,6,8H2,1-2H3,(H,16,20)(H,17,21)(H,22,23). The molecule has 1 aliphatic rings. The van der Waals surface area contributed by atoms with Gasteiger partial charge in [0.15, 0.2) is 0 Å². The maximum Gasteiger partial charge on any atom is 0.328 e. The van der Waals surface area contributed by atoms with Gasteiger partial charge in [0.25, 0.3) is 5.91 Å². The van der Waals surface area contributed by atoms with Crippen LogP contribution in [-0.2, 0) is 31.0 Å². The molecule has 0 saturated carbocycles. The molecule has 2 rings (SSSR count). The summed E-state index contributed by atoms with van der Waals surface area (Å²) in [5.74, 6) is -2.69. The van der Waals surface area contributed by atoms with Crippen molar-refractivity contribution in [3.63, 3.8) is 0 Å². The first kappa shape index (κ1) is 19.5. The van der Waals surface area contributed by atoms with Crippen LogP contribution in [0.3, 0.4) is 0 Å². The molecule has 142 valence electrons. The lowest BCUT2D eigenvalue weighted by Crippen LogP contribution is -2.49. The highest BCUT2D eigenvalue weighted by Crippen LogP contribution is 2.31. The van der Waals surface area contributed by atoms with Gasteiger partial charge in [-0.25, -0.2) is 13.8 Å². The minimum absolute atomic E-state index is 0.0163. The van der Waals surface area contributed by atoms with E-state index in [1.54, 1.807) is 4.72 Å². The molecule has 0 radical (unpaired) electrons. The molecule has 26 heavy (non-hydrogen) atoms. The Morgan fingerprint density at radius 3 is 2.50 bits per heavy atom. The van der Waals surface area contributed by atoms with Crippen LogP contribution in [-0.4, -0.2) is 48.5 Å². The Labute approximate surface area is 150 Å². The minimum Gasteiger partial charge on any atom is -0.506 e. The van der Waals surface area contributed by atoms with Gasteiger partial charge in [-0.05, 0) is 38.0 Å². The van der Waals surface area contributed by atoms with E-state index in [0.717, 1.165) is 4.31 Å². The summed E-state index contributed by atoms with van der Waals surface area (Å²) in [6.07, 6.45) is 0.191. The van der Waals surface area contributed by atoms with Gasteiger partial charge in [0, 0.05) is 6.42 Å². The van der Waals surface area contributed by atoms with E-state index in [1.165, 1.54) is 32.0 Å². The number of phenols is 1. The molecule has 1 aromatic rings. The van der Waals surface area contributed by atoms with Gasteiger partial charge in [-0.3, -0.25) is 9.59 Å². The lowest BCUT2D eigenvalue weighted by Gasteiger charge is -2.21. The molecule has 0 aromatic heterocycles. The first-order chi connectivity index (χ1) is 11.9. The smallest absolute Gasteiger partial charge is 0.328 e. The van der Waals surface area contributed by atoms with Crippen molar-refractivity contribution in [2.75, 3.05) is 10.8 Å². The molecule has 0 aliphatic carbocycles. The van der Waals surface area contributed by atoms with E-state index < -0.39 is 40.1 Å². The predicted molar refractivity (Wildman–Crippen MR) is 90.7 cm³/mol. The second-order valence-electron chi connectivity index (χ2n) is 6.34. The maximum absolute atomic E-state index is 11.8. The van der Waals surface area contributed by atoms with Crippen LogP contribution in [0.5, 0.6) is 5.75 Å². The van der Waals surface area contributed by atoms with Crippen LogP contribution in [0.25, 0.3) is 0 Å². The summed E-state index contributed by atoms with van der Waals surface area (Å²) < 4.78 is 26.1. The zero-order valence-electron chi connectivity index (χ0n) is 14.1. The van der Waals surface area contributed by atoms with Crippen molar-refractivity contribution in [3.05, 3.63) is 23.8 Å². The Kier molecular flexibility index (Phi) is 5.12. The van der Waals surface area contributed by atoms with Gasteiger partial charge in [-0.1, -0.05) is 6.07 Å². The first-order valence-corrected chi connectivity index (χ1v) is 9.06. The number of phenolic OH excluding ortho intramolecular Hbond substituents is 1. The predicted octanol–water partition coefficient (Wildman–Crippen LogP) is -0.515. The third-order valence-electron chi connectivity index (χ3n) is 3.76. The summed E-state index contributed by atoms with van der Waals surface area (Å²) >= 11 is 0. The molecule has 1 fully saturated rings. The highest BCUT2D eigenvalue weighted by atomic mass is 32.2. The number of carboxylic acids is 1. The van der Waals surface area contributed by atoms with E-state index >= 15 is 0 Å². The van der Waals surface area contributed by atoms with Crippen molar-refractivity contribution >= 4 is 33.7 Å². The van der Waals surface area contributed by atoms with Crippen molar-refractivity contribution in [2.24, 2.45) is 0 Å². The molecule has 10 nitrogen and oxygen atoms in total. The Hall–Kier alpha value is -2.82. The third kappa shape index (κ3) is 4.23. The zero-order valence-corrected chi connectivity index (χ0v) is 15.0. The number of hydrogen-bond donors (Lipinski definition) is 4. The van der Waals surface area contributed by atoms with Gasteiger partial charge in [0.1, 0.15) is 17.8 Å². The van der Waals surface area contributed by atoms with Crippen LogP contribution in [0.15, 0.2) is 18.2 Å². The highest BCUT2D eigenvalue weighted by molar-refractivity contribution is 7.92. The van der Waals surface area contributed by atoms with Crippen molar-refractivity contribution in [1.29, 1.82) is 0 Å². The number of rotatable bonds is 6. The van der Waals surface area contributed by atoms with Gasteiger partial charge in [-0.2, -0.15) is 8.42 Å². The van der Waals surface area contributed by atoms with E-state index in [1.807, 2.05) is 0 Å². The monoisotopic (exact) mass is 385 g/mol. The number of amides is 2. The number of aliphatic carboxylic acids is 1. The van der Waals surface area contributed by atoms with Crippen LogP contribution in [0.1, 0.15) is 25.8 Å². The van der Waals surface area contributed by atoms with E-state index in [-0.39, 0.29) is 24.3 Å². The van der Waals surface area contributed by atoms with Gasteiger partial charge in [0.2, 0.25) is 5.91 Å². The molecular weight excluding hydrogens is 366 g/mol. The number of carbonyl (C=O) groups excluding carboxylic acids is 2. The first-order valence-electron chi connectivity index (χ1n) is 7.62. The van der Waals surface area contributed by atoms with E-state index in [4.69, 9.17) is 5.11 Å². The average molecular weight is 385 g/mol. The van der Waals surface area contributed by atoms with E-state index in [0.29, 0.717) is 5.56 Å². The minimum atomic E-state index is -4.02. The number of aryl methyl sites for hydroxylation is 1. The van der Waals surface area contributed by atoms with Gasteiger partial charge < -0.3 is 15.5 Å². The number of hydrogen-bond acceptors (Lipinski definition) is 6. The second kappa shape index (κ2) is 6.83. The maximum atomic E-state index is 11.8. The lowest BCUT2D eigenvalue weighted by molar-refractivity contribution is -0.146. The van der Waals surface area contributed by atoms with Crippen molar-refractivity contribution in [3.8, 4) is 5.75 Å². The van der Waals surface area contributed by atoms with Gasteiger partial charge >= 0.3 is 16.2 Å². The SMILES string of the molecule is CC(C)(NC(=O)CCc1ccc(N2CC(=O)NS2(=O)=O)c(O)c1)C(=O)O. The van der Waals surface area contributed by atoms with Crippen molar-refractivity contribution in [1.82, 2.24) is 10.0 Å². The van der Waals surface area contributed by atoms with Crippen LogP contribution in [0.4, 0.5) is 5.69 Å². The van der Waals surface area contributed by atoms with Crippen LogP contribution >= 0.6 is 0 Å². The fourth-order valence-corrected chi connectivity index (χ4v) is 3.48. The molecule has 1 aromatic carbocycles. The van der Waals surface area contributed by atoms with Crippen molar-refractivity contribution in [2.45, 2.75) is 32.2 Å². The summed E-state index contributed by atoms with van der Waals surface area (Å²) in [6.45, 7) is 2.29. The number of carbonyl (C=O) groups is 3. The van der Waals surface area contributed by atoms with Crippen LogP contribution in [0.2, 0.25) is 0 Å². The Morgan fingerprint density at radius 2 is 2.00 bits per heavy atom.